The molecule has 0 saturated heterocycles. The molecule has 0 unspecified atom stereocenters. The number of carbonyl (C=O) groups excluding carboxylic acids is 5. The number of alkyl halides is 18. The van der Waals surface area contributed by atoms with E-state index in [2.05, 4.69) is 4.74 Å². The topological polar surface area (TPSA) is 142 Å². The van der Waals surface area contributed by atoms with E-state index in [4.69, 9.17) is 0 Å². The zero-order chi connectivity index (χ0) is 51.7. The minimum Gasteiger partial charge on any atom is -0.423 e. The Balaban J connectivity index is 1.45. The second-order valence-corrected chi connectivity index (χ2v) is 15.0. The molecule has 4 aromatic carbocycles. The summed E-state index contributed by atoms with van der Waals surface area (Å²) in [6, 6.07) is 0.813. The van der Waals surface area contributed by atoms with Crippen LogP contribution < -0.4 is 9.64 Å². The van der Waals surface area contributed by atoms with Crippen LogP contribution in [0, 0.1) is 6.92 Å². The highest BCUT2D eigenvalue weighted by Gasteiger charge is 2.75. The van der Waals surface area contributed by atoms with Gasteiger partial charge in [-0.1, -0.05) is 12.1 Å². The van der Waals surface area contributed by atoms with Gasteiger partial charge < -0.3 is 14.9 Å². The number of benzene rings is 4. The number of rotatable bonds is 7. The number of anilines is 1. The molecule has 0 fully saturated rings. The van der Waals surface area contributed by atoms with Crippen molar-refractivity contribution in [2.45, 2.75) is 60.6 Å². The van der Waals surface area contributed by atoms with Crippen LogP contribution in [0.5, 0.6) is 5.75 Å². The molecule has 10 nitrogen and oxygen atoms in total. The van der Waals surface area contributed by atoms with Gasteiger partial charge in [0.15, 0.2) is 0 Å². The largest absolute Gasteiger partial charge is 0.430 e. The molecule has 0 aliphatic carbocycles. The second kappa shape index (κ2) is 15.4. The average molecular weight is 999 g/mol. The predicted octanol–water partition coefficient (Wildman–Crippen LogP) is 9.28. The summed E-state index contributed by atoms with van der Waals surface area (Å²) in [5, 5.41) is 19.7. The number of ether oxygens (including phenoxy) is 1. The van der Waals surface area contributed by atoms with E-state index in [1.807, 2.05) is 0 Å². The molecular formula is C40H20F18N2O8. The van der Waals surface area contributed by atoms with E-state index in [9.17, 15) is 86.9 Å². The van der Waals surface area contributed by atoms with Crippen molar-refractivity contribution in [1.29, 1.82) is 0 Å². The van der Waals surface area contributed by atoms with Gasteiger partial charge in [-0.3, -0.25) is 24.1 Å². The molecule has 6 rings (SSSR count). The molecule has 2 N–H and O–H groups in total. The first kappa shape index (κ1) is 50.7. The van der Waals surface area contributed by atoms with Crippen molar-refractivity contribution in [1.82, 2.24) is 4.90 Å². The number of carbonyl (C=O) groups is 5. The summed E-state index contributed by atoms with van der Waals surface area (Å²) in [5.74, 6) is -9.81. The molecule has 28 heteroatoms. The molecule has 4 amide bonds. The first-order valence-electron chi connectivity index (χ1n) is 18.0. The summed E-state index contributed by atoms with van der Waals surface area (Å²) < 4.78 is 261. The second-order valence-electron chi connectivity index (χ2n) is 15.0. The minimum atomic E-state index is -7.00. The Morgan fingerprint density at radius 2 is 0.853 bits per heavy atom. The zero-order valence-corrected chi connectivity index (χ0v) is 33.0. The van der Waals surface area contributed by atoms with Gasteiger partial charge in [0.25, 0.3) is 34.8 Å². The Bertz CT molecular complexity index is 2720. The van der Waals surface area contributed by atoms with Crippen LogP contribution in [0.15, 0.2) is 72.8 Å². The van der Waals surface area contributed by atoms with Gasteiger partial charge in [-0.2, -0.15) is 79.0 Å². The fourth-order valence-electron chi connectivity index (χ4n) is 7.51. The molecule has 2 aliphatic rings. The Hall–Kier alpha value is -6.71. The molecule has 364 valence electrons. The lowest BCUT2D eigenvalue weighted by Gasteiger charge is -2.38. The Kier molecular flexibility index (Phi) is 11.5. The van der Waals surface area contributed by atoms with Gasteiger partial charge in [-0.15, -0.1) is 0 Å². The summed E-state index contributed by atoms with van der Waals surface area (Å²) in [4.78, 5) is 66.1. The molecule has 0 bridgehead atoms. The summed E-state index contributed by atoms with van der Waals surface area (Å²) >= 11 is 0. The zero-order valence-electron chi connectivity index (χ0n) is 33.0. The highest BCUT2D eigenvalue weighted by atomic mass is 19.4. The van der Waals surface area contributed by atoms with Crippen molar-refractivity contribution in [2.75, 3.05) is 11.9 Å². The van der Waals surface area contributed by atoms with Crippen LogP contribution in [0.2, 0.25) is 0 Å². The number of hydrogen-bond acceptors (Lipinski definition) is 8. The number of hydrogen-bond donors (Lipinski definition) is 2. The van der Waals surface area contributed by atoms with Gasteiger partial charge in [-0.05, 0) is 84.3 Å². The molecule has 0 spiro atoms. The lowest BCUT2D eigenvalue weighted by molar-refractivity contribution is -0.378. The summed E-state index contributed by atoms with van der Waals surface area (Å²) in [6.07, 6.45) is -40.8. The normalized spacial score (nSPS) is 15.6. The molecule has 2 aliphatic heterocycles. The fourth-order valence-corrected chi connectivity index (χ4v) is 7.51. The lowest BCUT2D eigenvalue weighted by Crippen LogP contribution is -2.55. The van der Waals surface area contributed by atoms with Crippen molar-refractivity contribution >= 4 is 35.3 Å². The number of aliphatic hydroxyl groups is 2. The van der Waals surface area contributed by atoms with Gasteiger partial charge in [0.1, 0.15) is 5.75 Å². The Labute approximate surface area is 364 Å². The number of aryl methyl sites for hydroxylation is 1. The third-order valence-corrected chi connectivity index (χ3v) is 10.8. The van der Waals surface area contributed by atoms with E-state index in [1.165, 1.54) is 0 Å². The van der Waals surface area contributed by atoms with E-state index in [0.29, 0.717) is 29.2 Å². The van der Waals surface area contributed by atoms with Crippen molar-refractivity contribution in [2.24, 2.45) is 0 Å². The summed E-state index contributed by atoms with van der Waals surface area (Å²) in [7, 11) is 0.890. The summed E-state index contributed by atoms with van der Waals surface area (Å²) in [6.45, 7) is 1.02. The van der Waals surface area contributed by atoms with Gasteiger partial charge in [0.2, 0.25) is 5.41 Å². The first-order chi connectivity index (χ1) is 30.7. The van der Waals surface area contributed by atoms with E-state index >= 15 is 26.3 Å². The Morgan fingerprint density at radius 1 is 0.471 bits per heavy atom. The van der Waals surface area contributed by atoms with Gasteiger partial charge in [-0.25, -0.2) is 9.69 Å². The number of amides is 4. The molecular weight excluding hydrogens is 978 g/mol. The molecule has 0 aromatic heterocycles. The number of nitrogens with zero attached hydrogens (tertiary/aromatic N) is 2. The maximum absolute atomic E-state index is 15.1. The van der Waals surface area contributed by atoms with Crippen LogP contribution >= 0.6 is 0 Å². The van der Waals surface area contributed by atoms with Crippen LogP contribution in [0.1, 0.15) is 79.6 Å². The molecule has 4 aromatic rings. The maximum atomic E-state index is 15.1. The summed E-state index contributed by atoms with van der Waals surface area (Å²) in [5.41, 5.74) is -32.8. The van der Waals surface area contributed by atoms with Crippen molar-refractivity contribution < 1.29 is 118 Å². The smallest absolute Gasteiger partial charge is 0.423 e. The van der Waals surface area contributed by atoms with E-state index in [1.54, 1.807) is 0 Å². The van der Waals surface area contributed by atoms with E-state index in [-0.39, 0.29) is 34.7 Å². The van der Waals surface area contributed by atoms with Gasteiger partial charge in [0, 0.05) is 18.2 Å². The lowest BCUT2D eigenvalue weighted by atomic mass is 9.71. The molecule has 0 radical (unpaired) electrons. The van der Waals surface area contributed by atoms with Crippen molar-refractivity contribution in [3.8, 4) is 5.75 Å². The van der Waals surface area contributed by atoms with Gasteiger partial charge >= 0.3 is 43.0 Å². The third-order valence-electron chi connectivity index (χ3n) is 10.8. The fraction of sp³-hybridized carbons (Fsp3) is 0.275. The number of fused-ring (bicyclic) bond motifs is 2. The van der Waals surface area contributed by atoms with E-state index < -0.39 is 163 Å². The van der Waals surface area contributed by atoms with Crippen molar-refractivity contribution in [3.05, 3.63) is 128 Å². The average Bonchev–Trinajstić information content (AvgIpc) is 3.56. The van der Waals surface area contributed by atoms with E-state index in [0.717, 1.165) is 20.0 Å². The highest BCUT2D eigenvalue weighted by molar-refractivity contribution is 6.34. The van der Waals surface area contributed by atoms with Gasteiger partial charge in [0.05, 0.1) is 33.5 Å². The predicted molar refractivity (Wildman–Crippen MR) is 188 cm³/mol. The van der Waals surface area contributed by atoms with Crippen LogP contribution in [0.3, 0.4) is 0 Å². The third kappa shape index (κ3) is 7.37. The standard InChI is InChI=1S/C40H20F18N2O8/c1-15-7-16(31(65)68-22-11-19(33(66,37(47,48)49)38(50,51)52)10-20(12-22)34(67,39(53,54)55)40(56,57)58)9-21(8-15)60-29(63)24-6-4-18(14-26(24)30(60)64)32(35(41,42)43,36(44,45)46)17-3-5-23-25(13-17)28(62)59(2)27(23)61/h3-14,66-67H,1-2H3. The van der Waals surface area contributed by atoms with Crippen LogP contribution in [-0.4, -0.2) is 88.8 Å². The number of imide groups is 2. The molecule has 68 heavy (non-hydrogen) atoms. The molecule has 0 atom stereocenters. The SMILES string of the molecule is Cc1cc(C(=O)Oc2cc(C(O)(C(F)(F)F)C(F)(F)F)cc(C(O)(C(F)(F)F)C(F)(F)F)c2)cc(N2C(=O)c3ccc(C(c4ccc5c(c4)C(=O)N(C)C5=O)(C(F)(F)F)C(F)(F)F)cc3C2=O)c1. The highest BCUT2D eigenvalue weighted by Crippen LogP contribution is 2.58. The number of esters is 1. The van der Waals surface area contributed by atoms with Crippen molar-refractivity contribution in [3.63, 3.8) is 0 Å². The van der Waals surface area contributed by atoms with Crippen LogP contribution in [-0.2, 0) is 16.6 Å². The molecule has 0 saturated carbocycles. The first-order valence-corrected chi connectivity index (χ1v) is 18.0. The number of halogens is 18. The quantitative estimate of drug-likeness (QED) is 0.0809. The maximum Gasteiger partial charge on any atom is 0.430 e. The van der Waals surface area contributed by atoms with Crippen LogP contribution in [0.25, 0.3) is 0 Å². The Morgan fingerprint density at radius 3 is 1.26 bits per heavy atom. The van der Waals surface area contributed by atoms with Crippen LogP contribution in [0.4, 0.5) is 84.7 Å². The monoisotopic (exact) mass is 998 g/mol. The molecule has 2 heterocycles. The minimum absolute atomic E-state index is 0.0184.